The first-order valence-electron chi connectivity index (χ1n) is 19.2. The molecule has 2 amide bonds. The Bertz CT molecular complexity index is 1020. The maximum atomic E-state index is 12.3. The summed E-state index contributed by atoms with van der Waals surface area (Å²) >= 11 is 0. The topological polar surface area (TPSA) is 161 Å². The van der Waals surface area contributed by atoms with Gasteiger partial charge in [0.05, 0.1) is 189 Å². The SMILES string of the molecule is CN(C)CCOCCOCCOCCOCCOCCOCCOCCOCCOCCOCCOCCOCCOCCN1C(=O)c2ccccc2C1=O. The molecule has 0 atom stereocenters. The molecule has 0 saturated carbocycles. The lowest BCUT2D eigenvalue weighted by atomic mass is 10.1. The third-order valence-electron chi connectivity index (χ3n) is 7.48. The van der Waals surface area contributed by atoms with Crippen LogP contribution in [0.25, 0.3) is 0 Å². The monoisotopic (exact) mass is 790 g/mol. The van der Waals surface area contributed by atoms with Gasteiger partial charge in [0.2, 0.25) is 0 Å². The zero-order chi connectivity index (χ0) is 39.3. The van der Waals surface area contributed by atoms with Gasteiger partial charge in [-0.05, 0) is 26.2 Å². The number of hydrogen-bond acceptors (Lipinski definition) is 16. The summed E-state index contributed by atoms with van der Waals surface area (Å²) in [5.74, 6) is -0.558. The first kappa shape index (κ1) is 48.9. The Morgan fingerprint density at radius 3 is 0.818 bits per heavy atom. The maximum absolute atomic E-state index is 12.3. The standard InChI is InChI=1S/C38H66N2O15/c1-39(2)7-9-43-11-13-45-15-17-47-19-21-49-23-25-51-27-29-53-31-33-55-34-32-54-30-28-52-26-24-50-22-20-48-18-16-46-14-12-44-10-8-40-37(41)35-5-3-4-6-36(35)38(40)42/h3-6H,7-34H2,1-2H3. The van der Waals surface area contributed by atoms with Crippen LogP contribution >= 0.6 is 0 Å². The van der Waals surface area contributed by atoms with Crippen LogP contribution in [0.4, 0.5) is 0 Å². The summed E-state index contributed by atoms with van der Waals surface area (Å²) < 4.78 is 71.2. The first-order chi connectivity index (χ1) is 27.1. The van der Waals surface area contributed by atoms with Crippen molar-refractivity contribution in [3.05, 3.63) is 35.4 Å². The van der Waals surface area contributed by atoms with Crippen molar-refractivity contribution in [2.45, 2.75) is 0 Å². The van der Waals surface area contributed by atoms with Gasteiger partial charge in [-0.2, -0.15) is 0 Å². The molecule has 0 aromatic heterocycles. The highest BCUT2D eigenvalue weighted by Gasteiger charge is 2.34. The number of ether oxygens (including phenoxy) is 13. The summed E-state index contributed by atoms with van der Waals surface area (Å²) in [4.78, 5) is 27.9. The van der Waals surface area contributed by atoms with Crippen LogP contribution in [0.1, 0.15) is 20.7 Å². The number of amides is 2. The molecule has 318 valence electrons. The van der Waals surface area contributed by atoms with Gasteiger partial charge in [0.25, 0.3) is 11.8 Å². The summed E-state index contributed by atoms with van der Waals surface area (Å²) in [6.45, 7) is 13.8. The molecular weight excluding hydrogens is 724 g/mol. The molecule has 1 aliphatic heterocycles. The molecule has 0 saturated heterocycles. The number of likely N-dealkylation sites (N-methyl/N-ethyl adjacent to an activating group) is 1. The van der Waals surface area contributed by atoms with Gasteiger partial charge in [-0.25, -0.2) is 0 Å². The molecule has 0 unspecified atom stereocenters. The van der Waals surface area contributed by atoms with Crippen molar-refractivity contribution in [3.63, 3.8) is 0 Å². The molecule has 0 fully saturated rings. The zero-order valence-corrected chi connectivity index (χ0v) is 33.1. The van der Waals surface area contributed by atoms with Crippen LogP contribution in [-0.2, 0) is 61.6 Å². The minimum atomic E-state index is -0.279. The van der Waals surface area contributed by atoms with Gasteiger partial charge in [0, 0.05) is 6.54 Å². The van der Waals surface area contributed by atoms with Gasteiger partial charge in [0.15, 0.2) is 0 Å². The summed E-state index contributed by atoms with van der Waals surface area (Å²) in [7, 11) is 4.03. The Labute approximate surface area is 326 Å². The molecule has 1 aliphatic rings. The van der Waals surface area contributed by atoms with E-state index in [0.29, 0.717) is 176 Å². The third-order valence-corrected chi connectivity index (χ3v) is 7.48. The average molecular weight is 791 g/mol. The van der Waals surface area contributed by atoms with E-state index in [0.717, 1.165) is 6.54 Å². The summed E-state index contributed by atoms with van der Waals surface area (Å²) in [5.41, 5.74) is 0.881. The van der Waals surface area contributed by atoms with E-state index < -0.39 is 0 Å². The molecule has 0 bridgehead atoms. The van der Waals surface area contributed by atoms with E-state index in [9.17, 15) is 9.59 Å². The van der Waals surface area contributed by atoms with E-state index in [1.165, 1.54) is 4.90 Å². The smallest absolute Gasteiger partial charge is 0.261 e. The fourth-order valence-corrected chi connectivity index (χ4v) is 4.59. The lowest BCUT2D eigenvalue weighted by Gasteiger charge is -2.13. The number of nitrogens with zero attached hydrogens (tertiary/aromatic N) is 2. The molecule has 0 radical (unpaired) electrons. The normalized spacial score (nSPS) is 12.8. The number of imide groups is 1. The van der Waals surface area contributed by atoms with Gasteiger partial charge >= 0.3 is 0 Å². The number of rotatable bonds is 42. The molecule has 1 heterocycles. The maximum Gasteiger partial charge on any atom is 0.261 e. The molecule has 2 rings (SSSR count). The van der Waals surface area contributed by atoms with Crippen molar-refractivity contribution in [1.82, 2.24) is 9.80 Å². The molecule has 1 aromatic rings. The Morgan fingerprint density at radius 2 is 0.582 bits per heavy atom. The molecule has 1 aromatic carbocycles. The highest BCUT2D eigenvalue weighted by molar-refractivity contribution is 6.21. The summed E-state index contributed by atoms with van der Waals surface area (Å²) in [6.07, 6.45) is 0. The van der Waals surface area contributed by atoms with Crippen LogP contribution < -0.4 is 0 Å². The summed E-state index contributed by atoms with van der Waals surface area (Å²) in [5, 5.41) is 0. The van der Waals surface area contributed by atoms with E-state index in [1.807, 2.05) is 14.1 Å². The molecule has 17 heteroatoms. The summed E-state index contributed by atoms with van der Waals surface area (Å²) in [6, 6.07) is 6.82. The van der Waals surface area contributed by atoms with Crippen molar-refractivity contribution in [3.8, 4) is 0 Å². The predicted molar refractivity (Wildman–Crippen MR) is 201 cm³/mol. The van der Waals surface area contributed by atoms with Crippen molar-refractivity contribution < 1.29 is 71.2 Å². The zero-order valence-electron chi connectivity index (χ0n) is 33.1. The fourth-order valence-electron chi connectivity index (χ4n) is 4.59. The van der Waals surface area contributed by atoms with Gasteiger partial charge in [-0.1, -0.05) is 12.1 Å². The molecular formula is C38H66N2O15. The Balaban J connectivity index is 1.15. The van der Waals surface area contributed by atoms with Crippen molar-refractivity contribution in [2.75, 3.05) is 199 Å². The second kappa shape index (κ2) is 36.2. The van der Waals surface area contributed by atoms with Gasteiger partial charge in [-0.15, -0.1) is 0 Å². The van der Waals surface area contributed by atoms with Crippen LogP contribution in [0.15, 0.2) is 24.3 Å². The van der Waals surface area contributed by atoms with Crippen LogP contribution in [-0.4, -0.2) is 221 Å². The second-order valence-electron chi connectivity index (χ2n) is 12.1. The van der Waals surface area contributed by atoms with Crippen molar-refractivity contribution in [1.29, 1.82) is 0 Å². The lowest BCUT2D eigenvalue weighted by Crippen LogP contribution is -2.33. The molecule has 0 spiro atoms. The Kier molecular flexibility index (Phi) is 32.2. The number of benzene rings is 1. The first-order valence-corrected chi connectivity index (χ1v) is 19.2. The minimum Gasteiger partial charge on any atom is -0.378 e. The molecule has 0 aliphatic carbocycles. The van der Waals surface area contributed by atoms with Crippen LogP contribution in [0.2, 0.25) is 0 Å². The quantitative estimate of drug-likeness (QED) is 0.0683. The number of fused-ring (bicyclic) bond motifs is 1. The number of hydrogen-bond donors (Lipinski definition) is 0. The van der Waals surface area contributed by atoms with Crippen LogP contribution in [0.5, 0.6) is 0 Å². The fraction of sp³-hybridized carbons (Fsp3) is 0.789. The highest BCUT2D eigenvalue weighted by atomic mass is 16.6. The Morgan fingerprint density at radius 1 is 0.364 bits per heavy atom. The van der Waals surface area contributed by atoms with E-state index >= 15 is 0 Å². The second-order valence-corrected chi connectivity index (χ2v) is 12.1. The van der Waals surface area contributed by atoms with Gasteiger partial charge in [0.1, 0.15) is 0 Å². The number of carbonyl (C=O) groups is 2. The number of carbonyl (C=O) groups excluding carboxylic acids is 2. The highest BCUT2D eigenvalue weighted by Crippen LogP contribution is 2.21. The Hall–Kier alpha value is -2.20. The molecule has 0 N–H and O–H groups in total. The van der Waals surface area contributed by atoms with Crippen molar-refractivity contribution >= 4 is 11.8 Å². The lowest BCUT2D eigenvalue weighted by molar-refractivity contribution is -0.0291. The molecule has 17 nitrogen and oxygen atoms in total. The predicted octanol–water partition coefficient (Wildman–Crippen LogP) is 1.06. The van der Waals surface area contributed by atoms with E-state index in [1.54, 1.807) is 24.3 Å². The van der Waals surface area contributed by atoms with E-state index in [4.69, 9.17) is 61.6 Å². The van der Waals surface area contributed by atoms with Crippen LogP contribution in [0.3, 0.4) is 0 Å². The largest absolute Gasteiger partial charge is 0.378 e. The van der Waals surface area contributed by atoms with Gasteiger partial charge in [-0.3, -0.25) is 14.5 Å². The van der Waals surface area contributed by atoms with E-state index in [-0.39, 0.29) is 25.0 Å². The minimum absolute atomic E-state index is 0.212. The van der Waals surface area contributed by atoms with E-state index in [2.05, 4.69) is 4.90 Å². The average Bonchev–Trinajstić information content (AvgIpc) is 3.43. The van der Waals surface area contributed by atoms with Crippen molar-refractivity contribution in [2.24, 2.45) is 0 Å². The van der Waals surface area contributed by atoms with Crippen LogP contribution in [0, 0.1) is 0 Å². The molecule has 55 heavy (non-hydrogen) atoms. The van der Waals surface area contributed by atoms with Gasteiger partial charge < -0.3 is 66.5 Å². The third kappa shape index (κ3) is 27.1.